The zero-order valence-corrected chi connectivity index (χ0v) is 15.9. The van der Waals surface area contributed by atoms with Crippen LogP contribution in [0.3, 0.4) is 0 Å². The highest BCUT2D eigenvalue weighted by molar-refractivity contribution is 6.03. The van der Waals surface area contributed by atoms with E-state index in [-0.39, 0.29) is 18.6 Å². The van der Waals surface area contributed by atoms with Gasteiger partial charge in [0.25, 0.3) is 5.91 Å². The Kier molecular flexibility index (Phi) is 5.79. The van der Waals surface area contributed by atoms with Crippen LogP contribution in [0.1, 0.15) is 22.8 Å². The van der Waals surface area contributed by atoms with Gasteiger partial charge in [-0.25, -0.2) is 0 Å². The number of aliphatic hydroxyl groups is 1. The van der Waals surface area contributed by atoms with E-state index in [9.17, 15) is 18.0 Å². The molecule has 152 valence electrons. The molecule has 0 bridgehead atoms. The van der Waals surface area contributed by atoms with Crippen molar-refractivity contribution < 1.29 is 27.8 Å². The maximum absolute atomic E-state index is 12.9. The van der Waals surface area contributed by atoms with Crippen LogP contribution in [-0.2, 0) is 6.18 Å². The predicted octanol–water partition coefficient (Wildman–Crippen LogP) is 4.64. The maximum atomic E-state index is 12.9. The van der Waals surface area contributed by atoms with E-state index in [1.54, 1.807) is 37.3 Å². The van der Waals surface area contributed by atoms with Crippen LogP contribution in [0, 0.1) is 0 Å². The molecule has 0 saturated carbocycles. The highest BCUT2D eigenvalue weighted by atomic mass is 19.4. The van der Waals surface area contributed by atoms with E-state index >= 15 is 0 Å². The number of hydrogen-bond donors (Lipinski definition) is 2. The number of carbonyl (C=O) groups excluding carboxylic acids is 1. The second-order valence-electron chi connectivity index (χ2n) is 6.74. The minimum Gasteiger partial charge on any atom is -0.497 e. The van der Waals surface area contributed by atoms with E-state index in [1.807, 2.05) is 0 Å². The molecule has 0 spiro atoms. The largest absolute Gasteiger partial charge is 0.497 e. The van der Waals surface area contributed by atoms with Gasteiger partial charge < -0.3 is 15.2 Å². The molecule has 0 saturated heterocycles. The molecule has 29 heavy (non-hydrogen) atoms. The van der Waals surface area contributed by atoms with Crippen molar-refractivity contribution in [2.45, 2.75) is 19.1 Å². The molecule has 0 aromatic heterocycles. The number of fused-ring (bicyclic) bond motifs is 1. The number of carbonyl (C=O) groups is 1. The maximum Gasteiger partial charge on any atom is 0.416 e. The van der Waals surface area contributed by atoms with Crippen LogP contribution in [0.4, 0.5) is 13.2 Å². The Hall–Kier alpha value is -3.06. The minimum absolute atomic E-state index is 0.175. The van der Waals surface area contributed by atoms with Gasteiger partial charge in [0.15, 0.2) is 0 Å². The molecule has 0 aliphatic heterocycles. The normalized spacial score (nSPS) is 12.6. The quantitative estimate of drug-likeness (QED) is 0.652. The monoisotopic (exact) mass is 403 g/mol. The first-order valence-electron chi connectivity index (χ1n) is 8.94. The van der Waals surface area contributed by atoms with Crippen LogP contribution in [0.2, 0.25) is 0 Å². The van der Waals surface area contributed by atoms with Gasteiger partial charge in [0.1, 0.15) is 5.75 Å². The number of benzene rings is 3. The predicted molar refractivity (Wildman–Crippen MR) is 105 cm³/mol. The standard InChI is InChI=1S/C22H20F3NO3/c1-13(12-27)26-21(28)15-5-8-19-16(9-15)10-18(29-2)11-20(19)14-3-6-17(7-4-14)22(23,24)25/h3-11,13,27H,12H2,1-2H3,(H,26,28)/t13-/m1/s1. The van der Waals surface area contributed by atoms with Crippen molar-refractivity contribution in [1.29, 1.82) is 0 Å². The molecule has 3 rings (SSSR count). The van der Waals surface area contributed by atoms with Gasteiger partial charge in [0.05, 0.1) is 19.3 Å². The summed E-state index contributed by atoms with van der Waals surface area (Å²) in [6.45, 7) is 1.51. The summed E-state index contributed by atoms with van der Waals surface area (Å²) >= 11 is 0. The lowest BCUT2D eigenvalue weighted by Gasteiger charge is -2.14. The fourth-order valence-corrected chi connectivity index (χ4v) is 3.03. The van der Waals surface area contributed by atoms with Crippen LogP contribution in [-0.4, -0.2) is 30.8 Å². The Morgan fingerprint density at radius 3 is 2.38 bits per heavy atom. The summed E-state index contributed by atoms with van der Waals surface area (Å²) in [5.74, 6) is 0.195. The van der Waals surface area contributed by atoms with Gasteiger partial charge in [0.2, 0.25) is 0 Å². The lowest BCUT2D eigenvalue weighted by atomic mass is 9.95. The fourth-order valence-electron chi connectivity index (χ4n) is 3.03. The lowest BCUT2D eigenvalue weighted by Crippen LogP contribution is -2.34. The second-order valence-corrected chi connectivity index (χ2v) is 6.74. The number of rotatable bonds is 5. The van der Waals surface area contributed by atoms with Crippen LogP contribution in [0.5, 0.6) is 5.75 Å². The van der Waals surface area contributed by atoms with Crippen molar-refractivity contribution >= 4 is 16.7 Å². The Morgan fingerprint density at radius 2 is 1.79 bits per heavy atom. The first-order chi connectivity index (χ1) is 13.7. The van der Waals surface area contributed by atoms with Gasteiger partial charge in [-0.05, 0) is 65.2 Å². The highest BCUT2D eigenvalue weighted by Crippen LogP contribution is 2.36. The van der Waals surface area contributed by atoms with Gasteiger partial charge in [-0.2, -0.15) is 13.2 Å². The molecule has 1 amide bonds. The number of nitrogens with one attached hydrogen (secondary N) is 1. The van der Waals surface area contributed by atoms with Crippen molar-refractivity contribution in [2.75, 3.05) is 13.7 Å². The van der Waals surface area contributed by atoms with Crippen LogP contribution in [0.25, 0.3) is 21.9 Å². The number of hydrogen-bond acceptors (Lipinski definition) is 3. The second kappa shape index (κ2) is 8.13. The molecule has 0 radical (unpaired) electrons. The third kappa shape index (κ3) is 4.51. The summed E-state index contributed by atoms with van der Waals surface area (Å²) in [5.41, 5.74) is 0.992. The third-order valence-electron chi connectivity index (χ3n) is 4.60. The number of methoxy groups -OCH3 is 1. The summed E-state index contributed by atoms with van der Waals surface area (Å²) in [5, 5.41) is 13.3. The van der Waals surface area contributed by atoms with Gasteiger partial charge >= 0.3 is 6.18 Å². The summed E-state index contributed by atoms with van der Waals surface area (Å²) in [6.07, 6.45) is -4.40. The zero-order valence-electron chi connectivity index (χ0n) is 15.9. The molecule has 0 aliphatic rings. The number of halogens is 3. The summed E-state index contributed by atoms with van der Waals surface area (Å²) in [4.78, 5) is 12.3. The summed E-state index contributed by atoms with van der Waals surface area (Å²) < 4.78 is 43.9. The summed E-state index contributed by atoms with van der Waals surface area (Å²) in [7, 11) is 1.50. The number of ether oxygens (including phenoxy) is 1. The molecule has 0 aliphatic carbocycles. The topological polar surface area (TPSA) is 58.6 Å². The minimum atomic E-state index is -4.40. The molecule has 7 heteroatoms. The molecular weight excluding hydrogens is 383 g/mol. The van der Waals surface area contributed by atoms with Gasteiger partial charge in [0, 0.05) is 11.6 Å². The average molecular weight is 403 g/mol. The number of amides is 1. The molecule has 3 aromatic carbocycles. The Bertz CT molecular complexity index is 1030. The van der Waals surface area contributed by atoms with Crippen LogP contribution >= 0.6 is 0 Å². The first-order valence-corrected chi connectivity index (χ1v) is 8.94. The smallest absolute Gasteiger partial charge is 0.416 e. The van der Waals surface area contributed by atoms with Crippen LogP contribution in [0.15, 0.2) is 54.6 Å². The van der Waals surface area contributed by atoms with Crippen molar-refractivity contribution in [1.82, 2.24) is 5.32 Å². The van der Waals surface area contributed by atoms with Crippen molar-refractivity contribution in [3.63, 3.8) is 0 Å². The molecular formula is C22H20F3NO3. The number of aliphatic hydroxyl groups excluding tert-OH is 1. The average Bonchev–Trinajstić information content (AvgIpc) is 2.71. The van der Waals surface area contributed by atoms with E-state index in [0.717, 1.165) is 17.5 Å². The number of alkyl halides is 3. The molecule has 1 atom stereocenters. The zero-order chi connectivity index (χ0) is 21.2. The first kappa shape index (κ1) is 20.7. The third-order valence-corrected chi connectivity index (χ3v) is 4.60. The van der Waals surface area contributed by atoms with E-state index in [0.29, 0.717) is 27.8 Å². The van der Waals surface area contributed by atoms with E-state index < -0.39 is 11.7 Å². The van der Waals surface area contributed by atoms with Crippen LogP contribution < -0.4 is 10.1 Å². The van der Waals surface area contributed by atoms with Crippen molar-refractivity contribution in [3.8, 4) is 16.9 Å². The molecule has 0 fully saturated rings. The van der Waals surface area contributed by atoms with Gasteiger partial charge in [-0.3, -0.25) is 4.79 Å². The van der Waals surface area contributed by atoms with E-state index in [2.05, 4.69) is 5.32 Å². The Morgan fingerprint density at radius 1 is 1.10 bits per heavy atom. The van der Waals surface area contributed by atoms with Gasteiger partial charge in [-0.1, -0.05) is 18.2 Å². The van der Waals surface area contributed by atoms with Gasteiger partial charge in [-0.15, -0.1) is 0 Å². The SMILES string of the molecule is COc1cc(-c2ccc(C(F)(F)F)cc2)c2ccc(C(=O)N[C@H](C)CO)cc2c1. The lowest BCUT2D eigenvalue weighted by molar-refractivity contribution is -0.137. The molecule has 3 aromatic rings. The van der Waals surface area contributed by atoms with E-state index in [4.69, 9.17) is 9.84 Å². The molecule has 4 nitrogen and oxygen atoms in total. The Balaban J connectivity index is 2.07. The highest BCUT2D eigenvalue weighted by Gasteiger charge is 2.30. The summed E-state index contributed by atoms with van der Waals surface area (Å²) in [6, 6.07) is 13.1. The van der Waals surface area contributed by atoms with Crippen molar-refractivity contribution in [3.05, 3.63) is 65.7 Å². The van der Waals surface area contributed by atoms with Crippen molar-refractivity contribution in [2.24, 2.45) is 0 Å². The van der Waals surface area contributed by atoms with E-state index in [1.165, 1.54) is 19.2 Å². The molecule has 0 heterocycles. The Labute approximate surface area is 165 Å². The molecule has 0 unspecified atom stereocenters. The molecule has 2 N–H and O–H groups in total. The fraction of sp³-hybridized carbons (Fsp3) is 0.227.